The highest BCUT2D eigenvalue weighted by atomic mass is 16.5. The molecule has 19 heavy (non-hydrogen) atoms. The summed E-state index contributed by atoms with van der Waals surface area (Å²) in [6.07, 6.45) is 0.997. The van der Waals surface area contributed by atoms with Crippen LogP contribution in [-0.2, 0) is 16.0 Å². The number of aryl methyl sites for hydroxylation is 1. The average Bonchev–Trinajstić information content (AvgIpc) is 2.44. The average molecular weight is 264 g/mol. The summed E-state index contributed by atoms with van der Waals surface area (Å²) in [5.41, 5.74) is 2.04. The van der Waals surface area contributed by atoms with Crippen molar-refractivity contribution in [3.8, 4) is 0 Å². The first-order valence-corrected chi connectivity index (χ1v) is 6.73. The summed E-state index contributed by atoms with van der Waals surface area (Å²) in [4.78, 5) is 12.1. The molecule has 0 bridgehead atoms. The second kappa shape index (κ2) is 7.92. The van der Waals surface area contributed by atoms with Crippen LogP contribution in [-0.4, -0.2) is 31.7 Å². The van der Waals surface area contributed by atoms with Crippen molar-refractivity contribution in [1.82, 2.24) is 5.32 Å². The van der Waals surface area contributed by atoms with Crippen LogP contribution in [0.1, 0.15) is 26.3 Å². The van der Waals surface area contributed by atoms with Crippen molar-refractivity contribution >= 4 is 11.6 Å². The van der Waals surface area contributed by atoms with Crippen LogP contribution >= 0.6 is 0 Å². The summed E-state index contributed by atoms with van der Waals surface area (Å²) < 4.78 is 5.14. The minimum Gasteiger partial charge on any atom is -0.380 e. The fraction of sp³-hybridized carbons (Fsp3) is 0.533. The molecule has 0 radical (unpaired) electrons. The molecule has 2 atom stereocenters. The number of para-hydroxylation sites is 1. The molecule has 0 saturated heterocycles. The normalized spacial score (nSPS) is 13.9. The molecule has 1 amide bonds. The van der Waals surface area contributed by atoms with Gasteiger partial charge in [0.05, 0.1) is 12.1 Å². The van der Waals surface area contributed by atoms with Gasteiger partial charge in [-0.3, -0.25) is 4.79 Å². The standard InChI is InChI=1S/C15H24N2O2/c1-5-13-8-6-7-9-14(13)17-15(18)12(3)16-10-11(2)19-4/h6-9,11-12,16H,5,10H2,1-4H3,(H,17,18). The van der Waals surface area contributed by atoms with Gasteiger partial charge in [-0.15, -0.1) is 0 Å². The molecule has 0 heterocycles. The number of carbonyl (C=O) groups is 1. The lowest BCUT2D eigenvalue weighted by Crippen LogP contribution is -2.41. The van der Waals surface area contributed by atoms with Gasteiger partial charge in [0, 0.05) is 19.3 Å². The highest BCUT2D eigenvalue weighted by Gasteiger charge is 2.14. The SMILES string of the molecule is CCc1ccccc1NC(=O)C(C)NCC(C)OC. The Balaban J connectivity index is 2.54. The van der Waals surface area contributed by atoms with Crippen molar-refractivity contribution in [2.45, 2.75) is 39.3 Å². The van der Waals surface area contributed by atoms with E-state index < -0.39 is 0 Å². The maximum Gasteiger partial charge on any atom is 0.241 e. The van der Waals surface area contributed by atoms with Crippen LogP contribution in [0.25, 0.3) is 0 Å². The fourth-order valence-electron chi connectivity index (χ4n) is 1.71. The van der Waals surface area contributed by atoms with Gasteiger partial charge in [0.25, 0.3) is 0 Å². The number of benzene rings is 1. The van der Waals surface area contributed by atoms with Gasteiger partial charge in [-0.1, -0.05) is 25.1 Å². The van der Waals surface area contributed by atoms with Crippen molar-refractivity contribution < 1.29 is 9.53 Å². The molecule has 0 spiro atoms. The number of methoxy groups -OCH3 is 1. The van der Waals surface area contributed by atoms with Crippen molar-refractivity contribution in [3.63, 3.8) is 0 Å². The molecule has 106 valence electrons. The van der Waals surface area contributed by atoms with Crippen LogP contribution in [0.2, 0.25) is 0 Å². The van der Waals surface area contributed by atoms with E-state index in [1.807, 2.05) is 38.1 Å². The van der Waals surface area contributed by atoms with Gasteiger partial charge in [0.2, 0.25) is 5.91 Å². The smallest absolute Gasteiger partial charge is 0.241 e. The highest BCUT2D eigenvalue weighted by Crippen LogP contribution is 2.15. The molecule has 4 nitrogen and oxygen atoms in total. The minimum atomic E-state index is -0.248. The number of carbonyl (C=O) groups excluding carboxylic acids is 1. The van der Waals surface area contributed by atoms with Gasteiger partial charge < -0.3 is 15.4 Å². The number of nitrogens with one attached hydrogen (secondary N) is 2. The van der Waals surface area contributed by atoms with Crippen LogP contribution < -0.4 is 10.6 Å². The van der Waals surface area contributed by atoms with E-state index in [0.717, 1.165) is 17.7 Å². The maximum absolute atomic E-state index is 12.1. The van der Waals surface area contributed by atoms with Crippen LogP contribution in [0.3, 0.4) is 0 Å². The third-order valence-electron chi connectivity index (χ3n) is 3.16. The van der Waals surface area contributed by atoms with Gasteiger partial charge in [0.1, 0.15) is 0 Å². The van der Waals surface area contributed by atoms with Crippen LogP contribution in [0.15, 0.2) is 24.3 Å². The second-order valence-corrected chi connectivity index (χ2v) is 4.68. The van der Waals surface area contributed by atoms with Gasteiger partial charge >= 0.3 is 0 Å². The van der Waals surface area contributed by atoms with Crippen LogP contribution in [0.5, 0.6) is 0 Å². The second-order valence-electron chi connectivity index (χ2n) is 4.68. The maximum atomic E-state index is 12.1. The number of rotatable bonds is 7. The molecule has 0 aliphatic heterocycles. The molecule has 2 N–H and O–H groups in total. The zero-order chi connectivity index (χ0) is 14.3. The van der Waals surface area contributed by atoms with E-state index in [2.05, 4.69) is 17.6 Å². The predicted octanol–water partition coefficient (Wildman–Crippen LogP) is 2.20. The number of anilines is 1. The van der Waals surface area contributed by atoms with Crippen LogP contribution in [0.4, 0.5) is 5.69 Å². The quantitative estimate of drug-likeness (QED) is 0.794. The summed E-state index contributed by atoms with van der Waals surface area (Å²) >= 11 is 0. The lowest BCUT2D eigenvalue weighted by atomic mass is 10.1. The number of hydrogen-bond acceptors (Lipinski definition) is 3. The van der Waals surface area contributed by atoms with E-state index in [9.17, 15) is 4.79 Å². The highest BCUT2D eigenvalue weighted by molar-refractivity contribution is 5.95. The lowest BCUT2D eigenvalue weighted by Gasteiger charge is -2.17. The van der Waals surface area contributed by atoms with E-state index in [1.165, 1.54) is 0 Å². The van der Waals surface area contributed by atoms with Crippen molar-refractivity contribution in [2.75, 3.05) is 19.0 Å². The van der Waals surface area contributed by atoms with E-state index in [0.29, 0.717) is 6.54 Å². The largest absolute Gasteiger partial charge is 0.380 e. The molecule has 0 fully saturated rings. The van der Waals surface area contributed by atoms with Crippen molar-refractivity contribution in [3.05, 3.63) is 29.8 Å². The van der Waals surface area contributed by atoms with E-state index >= 15 is 0 Å². The van der Waals surface area contributed by atoms with Gasteiger partial charge in [-0.2, -0.15) is 0 Å². The molecule has 0 aliphatic rings. The van der Waals surface area contributed by atoms with Gasteiger partial charge in [-0.25, -0.2) is 0 Å². The first-order chi connectivity index (χ1) is 9.08. The Hall–Kier alpha value is -1.39. The third-order valence-corrected chi connectivity index (χ3v) is 3.16. The Morgan fingerprint density at radius 3 is 2.63 bits per heavy atom. The number of amides is 1. The molecule has 0 aliphatic carbocycles. The molecule has 0 aromatic heterocycles. The fourth-order valence-corrected chi connectivity index (χ4v) is 1.71. The zero-order valence-electron chi connectivity index (χ0n) is 12.2. The van der Waals surface area contributed by atoms with Crippen molar-refractivity contribution in [1.29, 1.82) is 0 Å². The Morgan fingerprint density at radius 2 is 2.00 bits per heavy atom. The van der Waals surface area contributed by atoms with E-state index in [1.54, 1.807) is 7.11 Å². The molecule has 0 saturated carbocycles. The zero-order valence-corrected chi connectivity index (χ0v) is 12.2. The van der Waals surface area contributed by atoms with E-state index in [4.69, 9.17) is 4.74 Å². The summed E-state index contributed by atoms with van der Waals surface area (Å²) in [7, 11) is 1.66. The summed E-state index contributed by atoms with van der Waals surface area (Å²) in [6, 6.07) is 7.63. The Morgan fingerprint density at radius 1 is 1.32 bits per heavy atom. The molecule has 1 aromatic carbocycles. The first-order valence-electron chi connectivity index (χ1n) is 6.73. The molecule has 1 rings (SSSR count). The van der Waals surface area contributed by atoms with Crippen LogP contribution in [0, 0.1) is 0 Å². The van der Waals surface area contributed by atoms with Gasteiger partial charge in [-0.05, 0) is 31.9 Å². The predicted molar refractivity (Wildman–Crippen MR) is 78.4 cm³/mol. The molecule has 4 heteroatoms. The third kappa shape index (κ3) is 5.01. The Bertz CT molecular complexity index is 407. The lowest BCUT2D eigenvalue weighted by molar-refractivity contribution is -0.117. The number of ether oxygens (including phenoxy) is 1. The summed E-state index contributed by atoms with van der Waals surface area (Å²) in [5, 5.41) is 6.11. The monoisotopic (exact) mass is 264 g/mol. The molecule has 1 aromatic rings. The topological polar surface area (TPSA) is 50.4 Å². The Kier molecular flexibility index (Phi) is 6.53. The first kappa shape index (κ1) is 15.7. The molecular formula is C15H24N2O2. The van der Waals surface area contributed by atoms with Crippen molar-refractivity contribution in [2.24, 2.45) is 0 Å². The summed E-state index contributed by atoms with van der Waals surface area (Å²) in [6.45, 7) is 6.55. The molecule has 2 unspecified atom stereocenters. The minimum absolute atomic E-state index is 0.0239. The molecular weight excluding hydrogens is 240 g/mol. The van der Waals surface area contributed by atoms with Gasteiger partial charge in [0.15, 0.2) is 0 Å². The summed E-state index contributed by atoms with van der Waals surface area (Å²) in [5.74, 6) is -0.0239. The van der Waals surface area contributed by atoms with E-state index in [-0.39, 0.29) is 18.1 Å². The Labute approximate surface area is 115 Å². The number of hydrogen-bond donors (Lipinski definition) is 2.